The predicted molar refractivity (Wildman–Crippen MR) is 76.6 cm³/mol. The molecule has 1 aromatic rings. The fourth-order valence-corrected chi connectivity index (χ4v) is 2.24. The minimum absolute atomic E-state index is 0.0513. The summed E-state index contributed by atoms with van der Waals surface area (Å²) in [6.45, 7) is 1.52. The van der Waals surface area contributed by atoms with Gasteiger partial charge in [0.1, 0.15) is 6.54 Å². The predicted octanol–water partition coefficient (Wildman–Crippen LogP) is 2.32. The number of unbranched alkanes of at least 4 members (excludes halogenated alkanes) is 2. The van der Waals surface area contributed by atoms with E-state index in [-0.39, 0.29) is 17.9 Å². The molecule has 0 aromatic heterocycles. The molecule has 0 saturated heterocycles. The zero-order valence-corrected chi connectivity index (χ0v) is 12.2. The van der Waals surface area contributed by atoms with Gasteiger partial charge in [0.2, 0.25) is 0 Å². The summed E-state index contributed by atoms with van der Waals surface area (Å²) in [5, 5.41) is 27.9. The largest absolute Gasteiger partial charge is 0.504 e. The van der Waals surface area contributed by atoms with E-state index in [0.29, 0.717) is 17.4 Å². The van der Waals surface area contributed by atoms with Gasteiger partial charge in [-0.1, -0.05) is 6.07 Å². The number of carbonyl (C=O) groups is 1. The van der Waals surface area contributed by atoms with Gasteiger partial charge < -0.3 is 19.8 Å². The maximum absolute atomic E-state index is 10.4. The number of aromatic hydroxyl groups is 2. The molecule has 5 heteroatoms. The van der Waals surface area contributed by atoms with E-state index in [4.69, 9.17) is 5.11 Å². The number of phenols is 2. The SMILES string of the molecule is C[N+](C)(CCCCCC(=O)O)Cc1cccc(O)c1O. The number of quaternary nitrogens is 1. The Hall–Kier alpha value is -1.75. The van der Waals surface area contributed by atoms with E-state index in [1.54, 1.807) is 12.1 Å². The first-order valence-electron chi connectivity index (χ1n) is 6.85. The van der Waals surface area contributed by atoms with Gasteiger partial charge in [-0.3, -0.25) is 4.79 Å². The van der Waals surface area contributed by atoms with Crippen molar-refractivity contribution in [1.29, 1.82) is 0 Å². The number of carboxylic acid groups (broad SMARTS) is 1. The van der Waals surface area contributed by atoms with E-state index < -0.39 is 5.97 Å². The molecule has 0 aliphatic heterocycles. The van der Waals surface area contributed by atoms with Crippen molar-refractivity contribution in [2.24, 2.45) is 0 Å². The number of hydrogen-bond donors (Lipinski definition) is 3. The Balaban J connectivity index is 2.44. The molecule has 0 spiro atoms. The molecule has 112 valence electrons. The van der Waals surface area contributed by atoms with Gasteiger partial charge in [-0.15, -0.1) is 0 Å². The Morgan fingerprint density at radius 2 is 1.85 bits per heavy atom. The molecule has 0 unspecified atom stereocenters. The highest BCUT2D eigenvalue weighted by Gasteiger charge is 2.18. The number of rotatable bonds is 8. The quantitative estimate of drug-likeness (QED) is 0.388. The van der Waals surface area contributed by atoms with Crippen LogP contribution in [-0.4, -0.2) is 46.4 Å². The molecule has 0 atom stereocenters. The van der Waals surface area contributed by atoms with E-state index in [2.05, 4.69) is 14.1 Å². The van der Waals surface area contributed by atoms with Crippen LogP contribution in [0.3, 0.4) is 0 Å². The van der Waals surface area contributed by atoms with Gasteiger partial charge in [0.15, 0.2) is 11.5 Å². The molecule has 5 nitrogen and oxygen atoms in total. The molecule has 0 heterocycles. The highest BCUT2D eigenvalue weighted by molar-refractivity contribution is 5.66. The van der Waals surface area contributed by atoms with Crippen molar-refractivity contribution in [2.45, 2.75) is 32.2 Å². The minimum atomic E-state index is -0.747. The van der Waals surface area contributed by atoms with Crippen molar-refractivity contribution in [1.82, 2.24) is 0 Å². The average molecular weight is 282 g/mol. The molecule has 3 N–H and O–H groups in total. The Bertz CT molecular complexity index is 457. The Morgan fingerprint density at radius 1 is 1.15 bits per heavy atom. The third kappa shape index (κ3) is 5.48. The zero-order valence-electron chi connectivity index (χ0n) is 12.2. The maximum atomic E-state index is 10.4. The van der Waals surface area contributed by atoms with Crippen LogP contribution in [0.1, 0.15) is 31.2 Å². The molecule has 0 amide bonds. The average Bonchev–Trinajstić information content (AvgIpc) is 2.34. The number of hydrogen-bond acceptors (Lipinski definition) is 3. The molecule has 1 rings (SSSR count). The fraction of sp³-hybridized carbons (Fsp3) is 0.533. The number of carboxylic acids is 1. The van der Waals surface area contributed by atoms with Crippen molar-refractivity contribution in [2.75, 3.05) is 20.6 Å². The van der Waals surface area contributed by atoms with E-state index in [9.17, 15) is 15.0 Å². The third-order valence-corrected chi connectivity index (χ3v) is 3.35. The maximum Gasteiger partial charge on any atom is 0.303 e. The van der Waals surface area contributed by atoms with Gasteiger partial charge in [-0.2, -0.15) is 0 Å². The van der Waals surface area contributed by atoms with Crippen molar-refractivity contribution >= 4 is 5.97 Å². The first-order valence-corrected chi connectivity index (χ1v) is 6.85. The van der Waals surface area contributed by atoms with Crippen molar-refractivity contribution in [3.63, 3.8) is 0 Å². The van der Waals surface area contributed by atoms with Crippen molar-refractivity contribution < 1.29 is 24.6 Å². The van der Waals surface area contributed by atoms with E-state index in [0.717, 1.165) is 24.9 Å². The summed E-state index contributed by atoms with van der Waals surface area (Å²) in [6, 6.07) is 4.99. The first-order chi connectivity index (χ1) is 9.32. The smallest absolute Gasteiger partial charge is 0.303 e. The molecule has 0 fully saturated rings. The second-order valence-electron chi connectivity index (χ2n) is 5.81. The molecule has 0 aliphatic carbocycles. The molecule has 0 aliphatic rings. The van der Waals surface area contributed by atoms with Crippen LogP contribution in [-0.2, 0) is 11.3 Å². The van der Waals surface area contributed by atoms with Gasteiger partial charge in [-0.25, -0.2) is 0 Å². The fourth-order valence-electron chi connectivity index (χ4n) is 2.24. The van der Waals surface area contributed by atoms with Crippen LogP contribution >= 0.6 is 0 Å². The second-order valence-corrected chi connectivity index (χ2v) is 5.81. The molecule has 0 saturated carbocycles. The monoisotopic (exact) mass is 282 g/mol. The lowest BCUT2D eigenvalue weighted by molar-refractivity contribution is -0.903. The van der Waals surface area contributed by atoms with E-state index in [1.807, 2.05) is 0 Å². The highest BCUT2D eigenvalue weighted by Crippen LogP contribution is 2.30. The van der Waals surface area contributed by atoms with Crippen LogP contribution in [0.25, 0.3) is 0 Å². The lowest BCUT2D eigenvalue weighted by Gasteiger charge is -2.30. The number of phenolic OH excluding ortho intramolecular Hbond substituents is 2. The molecule has 1 aromatic carbocycles. The van der Waals surface area contributed by atoms with Gasteiger partial charge in [-0.05, 0) is 31.4 Å². The van der Waals surface area contributed by atoms with Crippen molar-refractivity contribution in [3.05, 3.63) is 23.8 Å². The third-order valence-electron chi connectivity index (χ3n) is 3.35. The zero-order chi connectivity index (χ0) is 15.2. The summed E-state index contributed by atoms with van der Waals surface area (Å²) < 4.78 is 0.685. The molecule has 0 bridgehead atoms. The lowest BCUT2D eigenvalue weighted by atomic mass is 10.1. The molecular formula is C15H24NO4+. The molecular weight excluding hydrogens is 258 g/mol. The standard InChI is InChI=1S/C15H23NO4/c1-16(2,10-5-3-4-9-14(18)19)11-12-7-6-8-13(17)15(12)20/h6-8H,3-5,9-11H2,1-2H3,(H2-,17,18,19,20)/p+1. The lowest BCUT2D eigenvalue weighted by Crippen LogP contribution is -2.39. The Kier molecular flexibility index (Phi) is 5.82. The van der Waals surface area contributed by atoms with Crippen LogP contribution in [0, 0.1) is 0 Å². The summed E-state index contributed by atoms with van der Waals surface area (Å²) in [4.78, 5) is 10.4. The topological polar surface area (TPSA) is 77.8 Å². The normalized spacial score (nSPS) is 11.5. The summed E-state index contributed by atoms with van der Waals surface area (Å²) >= 11 is 0. The van der Waals surface area contributed by atoms with Gasteiger partial charge in [0.05, 0.1) is 26.2 Å². The van der Waals surface area contributed by atoms with E-state index in [1.165, 1.54) is 6.07 Å². The summed E-state index contributed by atoms with van der Waals surface area (Å²) in [6.07, 6.45) is 2.76. The van der Waals surface area contributed by atoms with Crippen LogP contribution in [0.15, 0.2) is 18.2 Å². The Labute approximate surface area is 119 Å². The Morgan fingerprint density at radius 3 is 2.50 bits per heavy atom. The van der Waals surface area contributed by atoms with Crippen LogP contribution < -0.4 is 0 Å². The van der Waals surface area contributed by atoms with Gasteiger partial charge in [0, 0.05) is 6.42 Å². The van der Waals surface area contributed by atoms with Crippen LogP contribution in [0.2, 0.25) is 0 Å². The van der Waals surface area contributed by atoms with Crippen LogP contribution in [0.4, 0.5) is 0 Å². The number of para-hydroxylation sites is 1. The van der Waals surface area contributed by atoms with Gasteiger partial charge in [0.25, 0.3) is 0 Å². The number of aliphatic carboxylic acids is 1. The summed E-state index contributed by atoms with van der Waals surface area (Å²) in [5.41, 5.74) is 0.723. The summed E-state index contributed by atoms with van der Waals surface area (Å²) in [7, 11) is 4.11. The van der Waals surface area contributed by atoms with Crippen molar-refractivity contribution in [3.8, 4) is 11.5 Å². The van der Waals surface area contributed by atoms with Gasteiger partial charge >= 0.3 is 5.97 Å². The van der Waals surface area contributed by atoms with Crippen LogP contribution in [0.5, 0.6) is 11.5 Å². The number of benzene rings is 1. The van der Waals surface area contributed by atoms with E-state index >= 15 is 0 Å². The summed E-state index contributed by atoms with van der Waals surface area (Å²) in [5.74, 6) is -0.892. The minimum Gasteiger partial charge on any atom is -0.504 e. The highest BCUT2D eigenvalue weighted by atomic mass is 16.4. The first kappa shape index (κ1) is 16.3. The molecule has 20 heavy (non-hydrogen) atoms. The number of nitrogens with zero attached hydrogens (tertiary/aromatic N) is 1. The second kappa shape index (κ2) is 7.14. The molecule has 0 radical (unpaired) electrons.